The topological polar surface area (TPSA) is 103 Å². The number of halogens is 1. The summed E-state index contributed by atoms with van der Waals surface area (Å²) in [5.41, 5.74) is 0.938. The molecule has 1 aromatic rings. The maximum absolute atomic E-state index is 13.5. The van der Waals surface area contributed by atoms with E-state index >= 15 is 0 Å². The molecule has 32 heavy (non-hydrogen) atoms. The molecule has 0 aromatic heterocycles. The highest BCUT2D eigenvalue weighted by Gasteiger charge is 2.53. The van der Waals surface area contributed by atoms with Gasteiger partial charge in [0.15, 0.2) is 17.4 Å². The predicted octanol–water partition coefficient (Wildman–Crippen LogP) is 2.84. The van der Waals surface area contributed by atoms with Crippen molar-refractivity contribution >= 4 is 50.8 Å². The number of hydrogen-bond donors (Lipinski definition) is 1. The van der Waals surface area contributed by atoms with Crippen LogP contribution in [0.4, 0.5) is 4.79 Å². The smallest absolute Gasteiger partial charge is 0.328 e. The molecule has 174 valence electrons. The number of ether oxygens (including phenoxy) is 1. The van der Waals surface area contributed by atoms with Crippen LogP contribution in [0.5, 0.6) is 0 Å². The number of benzene rings is 1. The number of imide groups is 1. The third kappa shape index (κ3) is 4.94. The number of likely N-dealkylation sites (N-methyl/N-ethyl adjacent to an activating group) is 1. The lowest BCUT2D eigenvalue weighted by Gasteiger charge is -2.42. The summed E-state index contributed by atoms with van der Waals surface area (Å²) in [5.74, 6) is -1.28. The third-order valence-electron chi connectivity index (χ3n) is 5.42. The number of nitrogens with zero attached hydrogens (tertiary/aromatic N) is 4. The van der Waals surface area contributed by atoms with Crippen LogP contribution in [-0.2, 0) is 20.9 Å². The molecule has 1 saturated heterocycles. The van der Waals surface area contributed by atoms with Gasteiger partial charge in [-0.3, -0.25) is 19.4 Å². The Morgan fingerprint density at radius 3 is 2.66 bits per heavy atom. The summed E-state index contributed by atoms with van der Waals surface area (Å²) in [5, 5.41) is 9.34. The molecular weight excluding hydrogens is 500 g/mol. The van der Waals surface area contributed by atoms with Crippen molar-refractivity contribution in [1.82, 2.24) is 14.7 Å². The number of carbonyl (C=O) groups is 3. The monoisotopic (exact) mass is 526 g/mol. The number of hydrogen-bond acceptors (Lipinski definition) is 7. The van der Waals surface area contributed by atoms with Gasteiger partial charge in [0, 0.05) is 24.7 Å². The molecule has 2 aliphatic rings. The van der Waals surface area contributed by atoms with Gasteiger partial charge in [0.05, 0.1) is 13.2 Å². The predicted molar refractivity (Wildman–Crippen MR) is 125 cm³/mol. The van der Waals surface area contributed by atoms with E-state index in [-0.39, 0.29) is 19.1 Å². The number of amides is 3. The molecule has 1 N–H and O–H groups in total. The highest BCUT2D eigenvalue weighted by Crippen LogP contribution is 2.35. The zero-order valence-electron chi connectivity index (χ0n) is 18.2. The molecule has 0 aliphatic carbocycles. The van der Waals surface area contributed by atoms with E-state index in [0.717, 1.165) is 21.8 Å². The van der Waals surface area contributed by atoms with Gasteiger partial charge in [-0.05, 0) is 31.0 Å². The maximum Gasteiger partial charge on any atom is 0.328 e. The molecule has 2 heterocycles. The fraction of sp³-hybridized carbons (Fsp3) is 0.524. The molecule has 3 rings (SSSR count). The molecule has 0 saturated carbocycles. The van der Waals surface area contributed by atoms with Crippen molar-refractivity contribution in [2.45, 2.75) is 44.3 Å². The van der Waals surface area contributed by atoms with E-state index in [1.54, 1.807) is 11.8 Å². The molecule has 1 fully saturated rings. The largest absolute Gasteiger partial charge is 0.480 e. The van der Waals surface area contributed by atoms with Crippen LogP contribution in [0.15, 0.2) is 33.7 Å². The first-order chi connectivity index (χ1) is 15.3. The number of carbonyl (C=O) groups excluding carboxylic acids is 2. The molecule has 1 aromatic carbocycles. The molecular formula is C21H27BrN4O5S. The normalized spacial score (nSPS) is 21.6. The van der Waals surface area contributed by atoms with Crippen molar-refractivity contribution in [2.75, 3.05) is 26.8 Å². The van der Waals surface area contributed by atoms with Crippen LogP contribution in [0.3, 0.4) is 0 Å². The second kappa shape index (κ2) is 10.7. The molecule has 9 nitrogen and oxygen atoms in total. The Balaban J connectivity index is 2.00. The summed E-state index contributed by atoms with van der Waals surface area (Å²) < 4.78 is 5.99. The summed E-state index contributed by atoms with van der Waals surface area (Å²) in [6, 6.07) is 6.57. The Kier molecular flexibility index (Phi) is 8.18. The van der Waals surface area contributed by atoms with E-state index in [9.17, 15) is 19.5 Å². The first-order valence-electron chi connectivity index (χ1n) is 10.4. The molecule has 11 heteroatoms. The minimum Gasteiger partial charge on any atom is -0.480 e. The van der Waals surface area contributed by atoms with Gasteiger partial charge in [0.25, 0.3) is 5.91 Å². The fourth-order valence-corrected chi connectivity index (χ4v) is 5.25. The number of thioether (sulfide) groups is 1. The van der Waals surface area contributed by atoms with Gasteiger partial charge in [-0.2, -0.15) is 0 Å². The number of aliphatic imine (C=N–C) groups is 1. The summed E-state index contributed by atoms with van der Waals surface area (Å²) in [4.78, 5) is 47.5. The molecule has 3 atom stereocenters. The zero-order chi connectivity index (χ0) is 23.4. The highest BCUT2D eigenvalue weighted by atomic mass is 79.9. The summed E-state index contributed by atoms with van der Waals surface area (Å²) in [7, 11) is 1.52. The molecule has 0 radical (unpaired) electrons. The van der Waals surface area contributed by atoms with Crippen molar-refractivity contribution in [1.29, 1.82) is 0 Å². The van der Waals surface area contributed by atoms with Crippen LogP contribution in [0, 0.1) is 0 Å². The van der Waals surface area contributed by atoms with E-state index < -0.39 is 29.5 Å². The Morgan fingerprint density at radius 1 is 1.31 bits per heavy atom. The van der Waals surface area contributed by atoms with Gasteiger partial charge < -0.3 is 14.7 Å². The number of carboxylic acids is 1. The lowest BCUT2D eigenvalue weighted by atomic mass is 10.1. The first-order valence-corrected chi connectivity index (χ1v) is 12.1. The van der Waals surface area contributed by atoms with E-state index in [1.807, 2.05) is 36.1 Å². The quantitative estimate of drug-likeness (QED) is 0.527. The average molecular weight is 527 g/mol. The lowest BCUT2D eigenvalue weighted by Crippen LogP contribution is -2.66. The number of amidine groups is 1. The van der Waals surface area contributed by atoms with Gasteiger partial charge in [-0.15, -0.1) is 0 Å². The average Bonchev–Trinajstić information content (AvgIpc) is 3.09. The SMILES string of the molecule is CCC(SC1=NC2C(C(=O)N(CCOC)C(=O)N2CC)N1Cc1cccc(Br)c1)C(=O)O. The van der Waals surface area contributed by atoms with Crippen molar-refractivity contribution in [3.05, 3.63) is 34.3 Å². The van der Waals surface area contributed by atoms with E-state index in [4.69, 9.17) is 9.73 Å². The van der Waals surface area contributed by atoms with Crippen LogP contribution >= 0.6 is 27.7 Å². The lowest BCUT2D eigenvalue weighted by molar-refractivity contribution is -0.138. The van der Waals surface area contributed by atoms with Gasteiger partial charge in [0.2, 0.25) is 0 Å². The van der Waals surface area contributed by atoms with Crippen LogP contribution in [0.2, 0.25) is 0 Å². The molecule has 0 spiro atoms. The number of methoxy groups -OCH3 is 1. The number of aliphatic carboxylic acids is 1. The zero-order valence-corrected chi connectivity index (χ0v) is 20.6. The maximum atomic E-state index is 13.5. The van der Waals surface area contributed by atoms with Gasteiger partial charge >= 0.3 is 12.0 Å². The standard InChI is InChI=1S/C21H27BrN4O5S/c1-4-15(19(28)29)32-20-23-17-16(26(20)12-13-7-6-8-14(22)11-13)18(27)25(9-10-31-3)21(30)24(17)5-2/h6-8,11,15-17H,4-5,9-10,12H2,1-3H3,(H,28,29). The van der Waals surface area contributed by atoms with Crippen molar-refractivity contribution in [2.24, 2.45) is 4.99 Å². The number of fused-ring (bicyclic) bond motifs is 1. The molecule has 3 amide bonds. The molecule has 0 bridgehead atoms. The van der Waals surface area contributed by atoms with E-state index in [0.29, 0.717) is 24.7 Å². The Morgan fingerprint density at radius 2 is 2.06 bits per heavy atom. The van der Waals surface area contributed by atoms with Crippen LogP contribution in [-0.4, -0.2) is 87.1 Å². The van der Waals surface area contributed by atoms with E-state index in [1.165, 1.54) is 12.0 Å². The van der Waals surface area contributed by atoms with Crippen LogP contribution in [0.1, 0.15) is 25.8 Å². The summed E-state index contributed by atoms with van der Waals surface area (Å²) in [6.07, 6.45) is -0.289. The van der Waals surface area contributed by atoms with Crippen molar-refractivity contribution < 1.29 is 24.2 Å². The number of urea groups is 1. The second-order valence-electron chi connectivity index (χ2n) is 7.43. The number of rotatable bonds is 9. The third-order valence-corrected chi connectivity index (χ3v) is 7.28. The Hall–Kier alpha value is -2.11. The number of carboxylic acid groups (broad SMARTS) is 1. The first kappa shape index (κ1) is 24.5. The summed E-state index contributed by atoms with van der Waals surface area (Å²) >= 11 is 4.60. The Labute approximate surface area is 199 Å². The minimum absolute atomic E-state index is 0.147. The summed E-state index contributed by atoms with van der Waals surface area (Å²) in [6.45, 7) is 4.75. The van der Waals surface area contributed by atoms with Crippen LogP contribution < -0.4 is 0 Å². The van der Waals surface area contributed by atoms with Gasteiger partial charge in [0.1, 0.15) is 5.25 Å². The highest BCUT2D eigenvalue weighted by molar-refractivity contribution is 9.10. The fourth-order valence-electron chi connectivity index (χ4n) is 3.80. The minimum atomic E-state index is -0.936. The molecule has 2 aliphatic heterocycles. The van der Waals surface area contributed by atoms with Gasteiger partial charge in [-0.25, -0.2) is 9.79 Å². The second-order valence-corrected chi connectivity index (χ2v) is 9.52. The van der Waals surface area contributed by atoms with Gasteiger partial charge in [-0.1, -0.05) is 46.7 Å². The van der Waals surface area contributed by atoms with E-state index in [2.05, 4.69) is 15.9 Å². The van der Waals surface area contributed by atoms with Crippen molar-refractivity contribution in [3.63, 3.8) is 0 Å². The van der Waals surface area contributed by atoms with Crippen LogP contribution in [0.25, 0.3) is 0 Å². The Bertz CT molecular complexity index is 914. The van der Waals surface area contributed by atoms with Crippen molar-refractivity contribution in [3.8, 4) is 0 Å². The molecule has 3 unspecified atom stereocenters.